The van der Waals surface area contributed by atoms with E-state index in [-0.39, 0.29) is 12.6 Å². The van der Waals surface area contributed by atoms with Crippen LogP contribution in [0.1, 0.15) is 31.2 Å². The van der Waals surface area contributed by atoms with Crippen molar-refractivity contribution in [1.82, 2.24) is 35.3 Å². The van der Waals surface area contributed by atoms with Crippen LogP contribution in [0.3, 0.4) is 0 Å². The van der Waals surface area contributed by atoms with Crippen LogP contribution in [0, 0.1) is 6.92 Å². The van der Waals surface area contributed by atoms with Gasteiger partial charge in [-0.2, -0.15) is 4.68 Å². The first-order valence-electron chi connectivity index (χ1n) is 8.32. The molecule has 10 nitrogen and oxygen atoms in total. The summed E-state index contributed by atoms with van der Waals surface area (Å²) < 4.78 is 6.99. The number of hydrogen-bond acceptors (Lipinski definition) is 7. The lowest BCUT2D eigenvalue weighted by molar-refractivity contribution is 0.205. The summed E-state index contributed by atoms with van der Waals surface area (Å²) >= 11 is 0. The standard InChI is InChI=1S/C16H20N8O2/c1-4-14-19-20-15(26-14)9-23(5-2)16(25)18-12-8-11(3)6-7-13(12)24-10-17-21-22-24/h6-8,10H,4-5,9H2,1-3H3,(H,18,25). The van der Waals surface area contributed by atoms with Crippen molar-refractivity contribution in [2.45, 2.75) is 33.7 Å². The minimum absolute atomic E-state index is 0.237. The van der Waals surface area contributed by atoms with E-state index in [1.807, 2.05) is 39.0 Å². The number of carbonyl (C=O) groups is 1. The Hall–Kier alpha value is -3.30. The van der Waals surface area contributed by atoms with Crippen LogP contribution < -0.4 is 5.32 Å². The number of aryl methyl sites for hydroxylation is 2. The van der Waals surface area contributed by atoms with Crippen molar-refractivity contribution in [3.8, 4) is 5.69 Å². The predicted molar refractivity (Wildman–Crippen MR) is 92.7 cm³/mol. The van der Waals surface area contributed by atoms with E-state index in [0.717, 1.165) is 5.56 Å². The lowest BCUT2D eigenvalue weighted by Crippen LogP contribution is -2.34. The van der Waals surface area contributed by atoms with E-state index in [2.05, 4.69) is 31.0 Å². The zero-order valence-electron chi connectivity index (χ0n) is 14.9. The van der Waals surface area contributed by atoms with Gasteiger partial charge in [-0.15, -0.1) is 15.3 Å². The molecule has 2 amide bonds. The number of nitrogens with zero attached hydrogens (tertiary/aromatic N) is 7. The second-order valence-corrected chi connectivity index (χ2v) is 5.66. The molecule has 0 atom stereocenters. The van der Waals surface area contributed by atoms with Crippen molar-refractivity contribution in [1.29, 1.82) is 0 Å². The third kappa shape index (κ3) is 3.85. The molecule has 26 heavy (non-hydrogen) atoms. The third-order valence-corrected chi connectivity index (χ3v) is 3.80. The van der Waals surface area contributed by atoms with Gasteiger partial charge in [0.2, 0.25) is 11.8 Å². The van der Waals surface area contributed by atoms with Gasteiger partial charge in [-0.1, -0.05) is 13.0 Å². The predicted octanol–water partition coefficient (Wildman–Crippen LogP) is 1.97. The van der Waals surface area contributed by atoms with Crippen LogP contribution in [0.5, 0.6) is 0 Å². The normalized spacial score (nSPS) is 10.7. The lowest BCUT2D eigenvalue weighted by atomic mass is 10.2. The number of tetrazole rings is 1. The van der Waals surface area contributed by atoms with Crippen molar-refractivity contribution in [3.63, 3.8) is 0 Å². The van der Waals surface area contributed by atoms with E-state index in [4.69, 9.17) is 4.42 Å². The highest BCUT2D eigenvalue weighted by Crippen LogP contribution is 2.21. The molecule has 2 heterocycles. The average molecular weight is 356 g/mol. The van der Waals surface area contributed by atoms with Crippen LogP contribution in [-0.2, 0) is 13.0 Å². The van der Waals surface area contributed by atoms with Crippen LogP contribution in [0.15, 0.2) is 28.9 Å². The molecule has 0 unspecified atom stereocenters. The first-order chi connectivity index (χ1) is 12.6. The second-order valence-electron chi connectivity index (χ2n) is 5.66. The molecule has 0 saturated carbocycles. The smallest absolute Gasteiger partial charge is 0.322 e. The van der Waals surface area contributed by atoms with Crippen LogP contribution in [0.4, 0.5) is 10.5 Å². The van der Waals surface area contributed by atoms with E-state index >= 15 is 0 Å². The molecule has 1 N–H and O–H groups in total. The molecule has 2 aromatic heterocycles. The van der Waals surface area contributed by atoms with Gasteiger partial charge < -0.3 is 14.6 Å². The lowest BCUT2D eigenvalue weighted by Gasteiger charge is -2.20. The van der Waals surface area contributed by atoms with Crippen molar-refractivity contribution >= 4 is 11.7 Å². The SMILES string of the molecule is CCc1nnc(CN(CC)C(=O)Nc2cc(C)ccc2-n2cnnn2)o1. The Morgan fingerprint density at radius 2 is 2.08 bits per heavy atom. The molecule has 1 aromatic carbocycles. The van der Waals surface area contributed by atoms with Gasteiger partial charge in [0.25, 0.3) is 0 Å². The second kappa shape index (κ2) is 7.72. The van der Waals surface area contributed by atoms with Gasteiger partial charge in [-0.3, -0.25) is 0 Å². The molecular formula is C16H20N8O2. The number of rotatable bonds is 6. The van der Waals surface area contributed by atoms with Crippen molar-refractivity contribution in [3.05, 3.63) is 41.9 Å². The molecule has 0 spiro atoms. The van der Waals surface area contributed by atoms with Gasteiger partial charge >= 0.3 is 6.03 Å². The number of aromatic nitrogens is 6. The first-order valence-corrected chi connectivity index (χ1v) is 8.32. The number of urea groups is 1. The number of anilines is 1. The Bertz CT molecular complexity index is 874. The molecule has 136 valence electrons. The van der Waals surface area contributed by atoms with Crippen molar-refractivity contribution in [2.75, 3.05) is 11.9 Å². The summed E-state index contributed by atoms with van der Waals surface area (Å²) in [5.74, 6) is 0.958. The molecule has 3 rings (SSSR count). The van der Waals surface area contributed by atoms with Crippen LogP contribution >= 0.6 is 0 Å². The summed E-state index contributed by atoms with van der Waals surface area (Å²) in [6, 6.07) is 5.37. The highest BCUT2D eigenvalue weighted by molar-refractivity contribution is 5.91. The number of amides is 2. The maximum absolute atomic E-state index is 12.7. The molecule has 0 saturated heterocycles. The average Bonchev–Trinajstić information content (AvgIpc) is 3.31. The molecule has 3 aromatic rings. The Kier molecular flexibility index (Phi) is 5.20. The third-order valence-electron chi connectivity index (χ3n) is 3.80. The fourth-order valence-corrected chi connectivity index (χ4v) is 2.40. The highest BCUT2D eigenvalue weighted by Gasteiger charge is 2.18. The summed E-state index contributed by atoms with van der Waals surface area (Å²) in [6.07, 6.45) is 2.13. The Balaban J connectivity index is 1.78. The van der Waals surface area contributed by atoms with Gasteiger partial charge in [0.1, 0.15) is 12.9 Å². The van der Waals surface area contributed by atoms with Crippen LogP contribution in [0.2, 0.25) is 0 Å². The topological polar surface area (TPSA) is 115 Å². The molecule has 10 heteroatoms. The fourth-order valence-electron chi connectivity index (χ4n) is 2.40. The maximum Gasteiger partial charge on any atom is 0.322 e. The molecule has 0 aliphatic heterocycles. The Labute approximate surface area is 150 Å². The summed E-state index contributed by atoms with van der Waals surface area (Å²) in [7, 11) is 0. The zero-order valence-corrected chi connectivity index (χ0v) is 14.9. The summed E-state index contributed by atoms with van der Waals surface area (Å²) in [5.41, 5.74) is 2.29. The number of nitrogens with one attached hydrogen (secondary N) is 1. The van der Waals surface area contributed by atoms with Gasteiger partial charge in [-0.05, 0) is 42.0 Å². The molecule has 0 radical (unpaired) electrons. The first kappa shape index (κ1) is 17.5. The summed E-state index contributed by atoms with van der Waals surface area (Å²) in [5, 5.41) is 22.0. The molecule has 0 aliphatic carbocycles. The van der Waals surface area contributed by atoms with E-state index in [0.29, 0.717) is 36.1 Å². The molecule has 0 bridgehead atoms. The van der Waals surface area contributed by atoms with Crippen LogP contribution in [0.25, 0.3) is 5.69 Å². The minimum atomic E-state index is -0.274. The van der Waals surface area contributed by atoms with Crippen LogP contribution in [-0.4, -0.2) is 47.9 Å². The highest BCUT2D eigenvalue weighted by atomic mass is 16.4. The van der Waals surface area contributed by atoms with Gasteiger partial charge in [0.05, 0.1) is 11.4 Å². The Morgan fingerprint density at radius 1 is 1.27 bits per heavy atom. The maximum atomic E-state index is 12.7. The fraction of sp³-hybridized carbons (Fsp3) is 0.375. The van der Waals surface area contributed by atoms with Gasteiger partial charge in [-0.25, -0.2) is 4.79 Å². The Morgan fingerprint density at radius 3 is 2.73 bits per heavy atom. The summed E-state index contributed by atoms with van der Waals surface area (Å²) in [4.78, 5) is 14.3. The molecule has 0 fully saturated rings. The van der Waals surface area contributed by atoms with E-state index in [1.165, 1.54) is 11.0 Å². The monoisotopic (exact) mass is 356 g/mol. The van der Waals surface area contributed by atoms with E-state index in [9.17, 15) is 4.79 Å². The quantitative estimate of drug-likeness (QED) is 0.718. The minimum Gasteiger partial charge on any atom is -0.423 e. The van der Waals surface area contributed by atoms with E-state index in [1.54, 1.807) is 4.90 Å². The van der Waals surface area contributed by atoms with Gasteiger partial charge in [0, 0.05) is 13.0 Å². The number of benzene rings is 1. The van der Waals surface area contributed by atoms with Crippen molar-refractivity contribution < 1.29 is 9.21 Å². The van der Waals surface area contributed by atoms with Crippen molar-refractivity contribution in [2.24, 2.45) is 0 Å². The summed E-state index contributed by atoms with van der Waals surface area (Å²) in [6.45, 7) is 6.49. The molecule has 0 aliphatic rings. The zero-order chi connectivity index (χ0) is 18.5. The molecular weight excluding hydrogens is 336 g/mol. The van der Waals surface area contributed by atoms with Gasteiger partial charge in [0.15, 0.2) is 0 Å². The van der Waals surface area contributed by atoms with E-state index < -0.39 is 0 Å². The largest absolute Gasteiger partial charge is 0.423 e. The number of hydrogen-bond donors (Lipinski definition) is 1. The number of carbonyl (C=O) groups excluding carboxylic acids is 1.